The average Bonchev–Trinajstić information content (AvgIpc) is 3.52. The SMILES string of the molecule is COc1ccc(/C=C/c2nc(C#N)c(N3CCN(C(=O)c4ccco4)CC3)o2)cc1OC. The smallest absolute Gasteiger partial charge is 0.289 e. The van der Waals surface area contributed by atoms with Crippen LogP contribution in [-0.2, 0) is 0 Å². The molecule has 9 nitrogen and oxygen atoms in total. The van der Waals surface area contributed by atoms with Crippen LogP contribution in [0.1, 0.15) is 27.7 Å². The zero-order valence-corrected chi connectivity index (χ0v) is 17.8. The predicted octanol–water partition coefficient (Wildman–Crippen LogP) is 3.29. The fourth-order valence-electron chi connectivity index (χ4n) is 3.48. The fraction of sp³-hybridized carbons (Fsp3) is 0.261. The summed E-state index contributed by atoms with van der Waals surface area (Å²) >= 11 is 0. The van der Waals surface area contributed by atoms with Crippen molar-refractivity contribution in [1.29, 1.82) is 5.26 Å². The van der Waals surface area contributed by atoms with E-state index in [1.54, 1.807) is 37.3 Å². The molecular formula is C23H22N4O5. The molecule has 164 valence electrons. The quantitative estimate of drug-likeness (QED) is 0.582. The molecule has 0 saturated carbocycles. The minimum Gasteiger partial charge on any atom is -0.493 e. The Balaban J connectivity index is 1.45. The minimum atomic E-state index is -0.147. The number of methoxy groups -OCH3 is 2. The molecule has 1 fully saturated rings. The molecule has 3 aromatic rings. The standard InChI is InChI=1S/C23H22N4O5/c1-29-18-7-5-16(14-20(18)30-2)6-8-21-25-17(15-24)23(32-21)27-11-9-26(10-12-27)22(28)19-4-3-13-31-19/h3-8,13-14H,9-12H2,1-2H3/b8-6+. The van der Waals surface area contributed by atoms with Gasteiger partial charge in [-0.2, -0.15) is 10.2 Å². The van der Waals surface area contributed by atoms with E-state index in [0.717, 1.165) is 5.56 Å². The summed E-state index contributed by atoms with van der Waals surface area (Å²) in [5.41, 5.74) is 1.08. The Kier molecular flexibility index (Phi) is 6.12. The van der Waals surface area contributed by atoms with Crippen molar-refractivity contribution in [3.8, 4) is 17.6 Å². The van der Waals surface area contributed by atoms with Gasteiger partial charge in [0.05, 0.1) is 20.5 Å². The fourth-order valence-corrected chi connectivity index (χ4v) is 3.48. The van der Waals surface area contributed by atoms with Crippen LogP contribution in [0.4, 0.5) is 5.88 Å². The Labute approximate surface area is 185 Å². The van der Waals surface area contributed by atoms with E-state index in [1.165, 1.54) is 6.26 Å². The number of carbonyl (C=O) groups excluding carboxylic acids is 1. The maximum Gasteiger partial charge on any atom is 0.289 e. The van der Waals surface area contributed by atoms with E-state index < -0.39 is 0 Å². The summed E-state index contributed by atoms with van der Waals surface area (Å²) in [7, 11) is 3.16. The normalized spacial score (nSPS) is 13.9. The summed E-state index contributed by atoms with van der Waals surface area (Å²) in [5, 5.41) is 9.51. The largest absolute Gasteiger partial charge is 0.493 e. The molecule has 32 heavy (non-hydrogen) atoms. The predicted molar refractivity (Wildman–Crippen MR) is 117 cm³/mol. The number of rotatable bonds is 6. The number of nitrogens with zero attached hydrogens (tertiary/aromatic N) is 4. The van der Waals surface area contributed by atoms with Gasteiger partial charge in [-0.25, -0.2) is 0 Å². The number of benzene rings is 1. The molecule has 1 saturated heterocycles. The highest BCUT2D eigenvalue weighted by molar-refractivity contribution is 5.91. The summed E-state index contributed by atoms with van der Waals surface area (Å²) in [5.74, 6) is 2.15. The van der Waals surface area contributed by atoms with Crippen LogP contribution in [0.3, 0.4) is 0 Å². The number of nitriles is 1. The second-order valence-electron chi connectivity index (χ2n) is 7.02. The van der Waals surface area contributed by atoms with Crippen LogP contribution in [0, 0.1) is 11.3 Å². The maximum atomic E-state index is 12.4. The molecule has 0 aliphatic carbocycles. The zero-order chi connectivity index (χ0) is 22.5. The second kappa shape index (κ2) is 9.31. The number of piperazine rings is 1. The molecule has 9 heteroatoms. The van der Waals surface area contributed by atoms with E-state index >= 15 is 0 Å². The number of hydrogen-bond acceptors (Lipinski definition) is 8. The first-order chi connectivity index (χ1) is 15.6. The second-order valence-corrected chi connectivity index (χ2v) is 7.02. The van der Waals surface area contributed by atoms with E-state index in [1.807, 2.05) is 29.2 Å². The van der Waals surface area contributed by atoms with Gasteiger partial charge in [-0.3, -0.25) is 4.79 Å². The Morgan fingerprint density at radius 1 is 1.12 bits per heavy atom. The van der Waals surface area contributed by atoms with Gasteiger partial charge in [-0.15, -0.1) is 0 Å². The lowest BCUT2D eigenvalue weighted by Gasteiger charge is -2.34. The maximum absolute atomic E-state index is 12.4. The molecule has 1 amide bonds. The molecule has 3 heterocycles. The number of aromatic nitrogens is 1. The Morgan fingerprint density at radius 3 is 2.56 bits per heavy atom. The Morgan fingerprint density at radius 2 is 1.91 bits per heavy atom. The van der Waals surface area contributed by atoms with E-state index in [0.29, 0.717) is 55.2 Å². The number of carbonyl (C=O) groups is 1. The van der Waals surface area contributed by atoms with Gasteiger partial charge in [0.25, 0.3) is 5.91 Å². The van der Waals surface area contributed by atoms with E-state index in [2.05, 4.69) is 11.1 Å². The van der Waals surface area contributed by atoms with Crippen molar-refractivity contribution in [3.63, 3.8) is 0 Å². The molecule has 0 atom stereocenters. The van der Waals surface area contributed by atoms with Crippen LogP contribution in [0.5, 0.6) is 11.5 Å². The first-order valence-electron chi connectivity index (χ1n) is 10.0. The molecule has 0 radical (unpaired) electrons. The van der Waals surface area contributed by atoms with Crippen molar-refractivity contribution in [3.05, 3.63) is 59.5 Å². The van der Waals surface area contributed by atoms with Crippen LogP contribution >= 0.6 is 0 Å². The third-order valence-electron chi connectivity index (χ3n) is 5.14. The minimum absolute atomic E-state index is 0.147. The lowest BCUT2D eigenvalue weighted by atomic mass is 10.2. The zero-order valence-electron chi connectivity index (χ0n) is 17.8. The van der Waals surface area contributed by atoms with Gasteiger partial charge in [-0.05, 0) is 35.9 Å². The number of hydrogen-bond donors (Lipinski definition) is 0. The lowest BCUT2D eigenvalue weighted by Crippen LogP contribution is -2.48. The summed E-state index contributed by atoms with van der Waals surface area (Å²) in [4.78, 5) is 20.4. The third-order valence-corrected chi connectivity index (χ3v) is 5.14. The molecule has 0 bridgehead atoms. The van der Waals surface area contributed by atoms with Gasteiger partial charge >= 0.3 is 0 Å². The number of anilines is 1. The highest BCUT2D eigenvalue weighted by Gasteiger charge is 2.27. The van der Waals surface area contributed by atoms with Gasteiger partial charge in [0.15, 0.2) is 17.3 Å². The molecule has 0 N–H and O–H groups in total. The molecule has 0 unspecified atom stereocenters. The number of oxazole rings is 1. The van der Waals surface area contributed by atoms with Crippen molar-refractivity contribution < 1.29 is 23.1 Å². The first-order valence-corrected chi connectivity index (χ1v) is 10.0. The van der Waals surface area contributed by atoms with Crippen LogP contribution < -0.4 is 14.4 Å². The number of ether oxygens (including phenoxy) is 2. The molecule has 1 aliphatic heterocycles. The molecule has 4 rings (SSSR count). The lowest BCUT2D eigenvalue weighted by molar-refractivity contribution is 0.0713. The molecule has 1 aliphatic rings. The van der Waals surface area contributed by atoms with Crippen LogP contribution in [-0.4, -0.2) is 56.2 Å². The van der Waals surface area contributed by atoms with Crippen molar-refractivity contribution in [2.75, 3.05) is 45.3 Å². The average molecular weight is 434 g/mol. The van der Waals surface area contributed by atoms with Crippen molar-refractivity contribution in [2.24, 2.45) is 0 Å². The number of amides is 1. The molecule has 1 aromatic carbocycles. The van der Waals surface area contributed by atoms with Crippen LogP contribution in [0.25, 0.3) is 12.2 Å². The summed E-state index contributed by atoms with van der Waals surface area (Å²) < 4.78 is 21.6. The monoisotopic (exact) mass is 434 g/mol. The van der Waals surface area contributed by atoms with Gasteiger partial charge in [0, 0.05) is 32.3 Å². The van der Waals surface area contributed by atoms with Crippen molar-refractivity contribution in [2.45, 2.75) is 0 Å². The van der Waals surface area contributed by atoms with E-state index in [4.69, 9.17) is 18.3 Å². The van der Waals surface area contributed by atoms with Gasteiger partial charge < -0.3 is 28.1 Å². The van der Waals surface area contributed by atoms with Crippen molar-refractivity contribution >= 4 is 23.9 Å². The summed E-state index contributed by atoms with van der Waals surface area (Å²) in [6.45, 7) is 2.02. The summed E-state index contributed by atoms with van der Waals surface area (Å²) in [6, 6.07) is 10.9. The summed E-state index contributed by atoms with van der Waals surface area (Å²) in [6.07, 6.45) is 5.00. The topological polar surface area (TPSA) is 105 Å². The first kappa shape index (κ1) is 21.1. The Hall–Kier alpha value is -4.19. The van der Waals surface area contributed by atoms with Crippen molar-refractivity contribution in [1.82, 2.24) is 9.88 Å². The van der Waals surface area contributed by atoms with Crippen LogP contribution in [0.2, 0.25) is 0 Å². The highest BCUT2D eigenvalue weighted by Crippen LogP contribution is 2.29. The van der Waals surface area contributed by atoms with E-state index in [-0.39, 0.29) is 11.6 Å². The van der Waals surface area contributed by atoms with E-state index in [9.17, 15) is 10.1 Å². The molecular weight excluding hydrogens is 412 g/mol. The van der Waals surface area contributed by atoms with Gasteiger partial charge in [0.2, 0.25) is 17.5 Å². The highest BCUT2D eigenvalue weighted by atomic mass is 16.5. The molecule has 0 spiro atoms. The molecule has 2 aromatic heterocycles. The Bertz CT molecular complexity index is 1150. The van der Waals surface area contributed by atoms with Crippen LogP contribution in [0.15, 0.2) is 45.4 Å². The van der Waals surface area contributed by atoms with Gasteiger partial charge in [0.1, 0.15) is 6.07 Å². The number of furan rings is 1. The third kappa shape index (κ3) is 4.30. The van der Waals surface area contributed by atoms with Gasteiger partial charge in [-0.1, -0.05) is 6.07 Å².